The number of unbranched alkanes of at least 4 members (excludes halogenated alkanes) is 1. The predicted molar refractivity (Wildman–Crippen MR) is 126 cm³/mol. The van der Waals surface area contributed by atoms with Crippen molar-refractivity contribution < 1.29 is 19.4 Å². The van der Waals surface area contributed by atoms with E-state index in [1.165, 1.54) is 43.0 Å². The molecule has 2 aromatic heterocycles. The Morgan fingerprint density at radius 3 is 2.79 bits per heavy atom. The van der Waals surface area contributed by atoms with E-state index in [1.54, 1.807) is 12.1 Å². The number of methoxy groups -OCH3 is 1. The standard InChI is InChI=1S/C26H33N3O4/c1-33-24-13-10-19(16-28-24)21(26(31)32)12-11-20(30)6-2-3-7-23-22(17-8-9-17)15-18-5-4-14-27-25(18)29-23/h10,13,15-17,21H,2-9,11-12,14H2,1H3,(H,27,29)(H,31,32)/t21-/m1/s1. The Morgan fingerprint density at radius 2 is 2.09 bits per heavy atom. The first-order valence-electron chi connectivity index (χ1n) is 12.1. The lowest BCUT2D eigenvalue weighted by Gasteiger charge is -2.20. The number of aryl methyl sites for hydroxylation is 2. The van der Waals surface area contributed by atoms with Crippen molar-refractivity contribution in [3.05, 3.63) is 46.8 Å². The van der Waals surface area contributed by atoms with E-state index in [2.05, 4.69) is 16.4 Å². The van der Waals surface area contributed by atoms with Crippen LogP contribution in [0.15, 0.2) is 24.4 Å². The van der Waals surface area contributed by atoms with Gasteiger partial charge in [0.05, 0.1) is 13.0 Å². The molecule has 33 heavy (non-hydrogen) atoms. The third-order valence-corrected chi connectivity index (χ3v) is 6.65. The van der Waals surface area contributed by atoms with Gasteiger partial charge in [0, 0.05) is 37.3 Å². The highest BCUT2D eigenvalue weighted by atomic mass is 16.5. The molecule has 2 aliphatic rings. The lowest BCUT2D eigenvalue weighted by molar-refractivity contribution is -0.139. The fourth-order valence-corrected chi connectivity index (χ4v) is 4.58. The number of rotatable bonds is 12. The predicted octanol–water partition coefficient (Wildman–Crippen LogP) is 4.65. The Hall–Kier alpha value is -2.96. The van der Waals surface area contributed by atoms with Gasteiger partial charge in [-0.15, -0.1) is 0 Å². The summed E-state index contributed by atoms with van der Waals surface area (Å²) in [5.74, 6) is 0.597. The fourth-order valence-electron chi connectivity index (χ4n) is 4.58. The number of aliphatic carboxylic acids is 1. The van der Waals surface area contributed by atoms with Crippen LogP contribution in [-0.4, -0.2) is 40.5 Å². The highest BCUT2D eigenvalue weighted by molar-refractivity contribution is 5.80. The van der Waals surface area contributed by atoms with Crippen LogP contribution in [0.3, 0.4) is 0 Å². The topological polar surface area (TPSA) is 101 Å². The van der Waals surface area contributed by atoms with E-state index < -0.39 is 11.9 Å². The van der Waals surface area contributed by atoms with Gasteiger partial charge in [0.1, 0.15) is 11.6 Å². The van der Waals surface area contributed by atoms with Crippen molar-refractivity contribution in [2.24, 2.45) is 0 Å². The van der Waals surface area contributed by atoms with Crippen LogP contribution in [0.25, 0.3) is 0 Å². The van der Waals surface area contributed by atoms with Crippen LogP contribution in [0.2, 0.25) is 0 Å². The van der Waals surface area contributed by atoms with Crippen LogP contribution in [0, 0.1) is 0 Å². The van der Waals surface area contributed by atoms with E-state index in [4.69, 9.17) is 9.72 Å². The smallest absolute Gasteiger partial charge is 0.311 e. The van der Waals surface area contributed by atoms with Crippen LogP contribution in [0.1, 0.15) is 85.6 Å². The molecule has 1 saturated carbocycles. The van der Waals surface area contributed by atoms with Gasteiger partial charge < -0.3 is 15.2 Å². The molecule has 176 valence electrons. The second-order valence-electron chi connectivity index (χ2n) is 9.15. The maximum atomic E-state index is 12.4. The monoisotopic (exact) mass is 451 g/mol. The summed E-state index contributed by atoms with van der Waals surface area (Å²) in [7, 11) is 1.51. The van der Waals surface area contributed by atoms with Crippen LogP contribution >= 0.6 is 0 Å². The van der Waals surface area contributed by atoms with Crippen molar-refractivity contribution in [2.45, 2.75) is 76.0 Å². The normalized spacial score (nSPS) is 15.9. The lowest BCUT2D eigenvalue weighted by Crippen LogP contribution is -2.15. The SMILES string of the molecule is COc1ccc([C@@H](CCC(=O)CCCCc2nc3c(cc2C2CC2)CCCN3)C(=O)O)cn1. The maximum absolute atomic E-state index is 12.4. The third-order valence-electron chi connectivity index (χ3n) is 6.65. The van der Waals surface area contributed by atoms with E-state index in [0.717, 1.165) is 44.5 Å². The van der Waals surface area contributed by atoms with Gasteiger partial charge in [-0.05, 0) is 74.0 Å². The largest absolute Gasteiger partial charge is 0.481 e. The molecule has 1 aliphatic heterocycles. The fraction of sp³-hybridized carbons (Fsp3) is 0.538. The van der Waals surface area contributed by atoms with Crippen LogP contribution in [-0.2, 0) is 22.4 Å². The molecule has 1 fully saturated rings. The van der Waals surface area contributed by atoms with Gasteiger partial charge in [0.25, 0.3) is 0 Å². The molecular weight excluding hydrogens is 418 g/mol. The Balaban J connectivity index is 1.25. The highest BCUT2D eigenvalue weighted by Crippen LogP contribution is 2.43. The zero-order chi connectivity index (χ0) is 23.2. The number of carbonyl (C=O) groups excluding carboxylic acids is 1. The van der Waals surface area contributed by atoms with Crippen molar-refractivity contribution in [1.82, 2.24) is 9.97 Å². The third kappa shape index (κ3) is 6.09. The molecule has 1 atom stereocenters. The quantitative estimate of drug-likeness (QED) is 0.453. The number of nitrogens with zero attached hydrogens (tertiary/aromatic N) is 2. The highest BCUT2D eigenvalue weighted by Gasteiger charge is 2.28. The molecule has 1 aliphatic carbocycles. The summed E-state index contributed by atoms with van der Waals surface area (Å²) in [6, 6.07) is 5.72. The number of carbonyl (C=O) groups is 2. The van der Waals surface area contributed by atoms with Crippen molar-refractivity contribution in [1.29, 1.82) is 0 Å². The minimum Gasteiger partial charge on any atom is -0.481 e. The van der Waals surface area contributed by atoms with Crippen LogP contribution in [0.5, 0.6) is 5.88 Å². The molecule has 0 amide bonds. The van der Waals surface area contributed by atoms with Gasteiger partial charge >= 0.3 is 5.97 Å². The Bertz CT molecular complexity index is 986. The number of hydrogen-bond donors (Lipinski definition) is 2. The number of fused-ring (bicyclic) bond motifs is 1. The number of carboxylic acid groups (broad SMARTS) is 1. The molecule has 2 N–H and O–H groups in total. The molecule has 0 aromatic carbocycles. The Morgan fingerprint density at radius 1 is 1.24 bits per heavy atom. The van der Waals surface area contributed by atoms with Crippen LogP contribution < -0.4 is 10.1 Å². The Kier molecular flexibility index (Phi) is 7.57. The molecule has 0 unspecified atom stereocenters. The summed E-state index contributed by atoms with van der Waals surface area (Å²) < 4.78 is 5.02. The first-order chi connectivity index (χ1) is 16.0. The summed E-state index contributed by atoms with van der Waals surface area (Å²) in [4.78, 5) is 33.2. The number of hydrogen-bond acceptors (Lipinski definition) is 6. The van der Waals surface area contributed by atoms with Crippen molar-refractivity contribution >= 4 is 17.6 Å². The number of ketones is 1. The average molecular weight is 452 g/mol. The van der Waals surface area contributed by atoms with Gasteiger partial charge in [0.2, 0.25) is 5.88 Å². The molecule has 0 spiro atoms. The first kappa shape index (κ1) is 23.2. The molecule has 0 bridgehead atoms. The minimum atomic E-state index is -0.936. The van der Waals surface area contributed by atoms with Gasteiger partial charge in [0.15, 0.2) is 0 Å². The number of carboxylic acids is 1. The summed E-state index contributed by atoms with van der Waals surface area (Å²) in [6.07, 6.45) is 9.94. The number of nitrogens with one attached hydrogen (secondary N) is 1. The van der Waals surface area contributed by atoms with E-state index >= 15 is 0 Å². The summed E-state index contributed by atoms with van der Waals surface area (Å²) in [5, 5.41) is 13.0. The van der Waals surface area contributed by atoms with E-state index in [-0.39, 0.29) is 18.6 Å². The maximum Gasteiger partial charge on any atom is 0.311 e. The minimum absolute atomic E-state index is 0.116. The van der Waals surface area contributed by atoms with E-state index in [1.807, 2.05) is 0 Å². The van der Waals surface area contributed by atoms with Crippen LogP contribution in [0.4, 0.5) is 5.82 Å². The van der Waals surface area contributed by atoms with Crippen molar-refractivity contribution in [3.8, 4) is 5.88 Å². The molecule has 3 heterocycles. The van der Waals surface area contributed by atoms with Gasteiger partial charge in [-0.25, -0.2) is 9.97 Å². The molecule has 0 saturated heterocycles. The number of anilines is 1. The Labute approximate surface area is 195 Å². The molecule has 7 nitrogen and oxygen atoms in total. The van der Waals surface area contributed by atoms with Gasteiger partial charge in [-0.2, -0.15) is 0 Å². The van der Waals surface area contributed by atoms with Gasteiger partial charge in [-0.1, -0.05) is 12.1 Å². The van der Waals surface area contributed by atoms with Crippen molar-refractivity contribution in [3.63, 3.8) is 0 Å². The summed E-state index contributed by atoms with van der Waals surface area (Å²) in [5.41, 5.74) is 4.55. The number of pyridine rings is 2. The molecule has 7 heteroatoms. The number of Topliss-reactive ketones (excluding diaryl/α,β-unsaturated/α-hetero) is 1. The van der Waals surface area contributed by atoms with E-state index in [0.29, 0.717) is 23.8 Å². The molecule has 0 radical (unpaired) electrons. The first-order valence-corrected chi connectivity index (χ1v) is 12.1. The zero-order valence-electron chi connectivity index (χ0n) is 19.3. The van der Waals surface area contributed by atoms with Gasteiger partial charge in [-0.3, -0.25) is 9.59 Å². The number of aromatic nitrogens is 2. The number of ether oxygens (including phenoxy) is 1. The molecular formula is C26H33N3O4. The lowest BCUT2D eigenvalue weighted by atomic mass is 9.93. The second kappa shape index (κ2) is 10.8. The molecule has 4 rings (SSSR count). The van der Waals surface area contributed by atoms with Crippen molar-refractivity contribution in [2.75, 3.05) is 19.0 Å². The summed E-state index contributed by atoms with van der Waals surface area (Å²) >= 11 is 0. The molecule has 2 aromatic rings. The summed E-state index contributed by atoms with van der Waals surface area (Å²) in [6.45, 7) is 0.987. The zero-order valence-corrected chi connectivity index (χ0v) is 19.3. The van der Waals surface area contributed by atoms with E-state index in [9.17, 15) is 14.7 Å². The average Bonchev–Trinajstić information content (AvgIpc) is 3.67. The second-order valence-corrected chi connectivity index (χ2v) is 9.15.